The monoisotopic (exact) mass is 331 g/mol. The topological polar surface area (TPSA) is 72.5 Å². The van der Waals surface area contributed by atoms with Crippen LogP contribution in [0.3, 0.4) is 0 Å². The molecular formula is C17H18FN3O3. The van der Waals surface area contributed by atoms with Gasteiger partial charge in [0.15, 0.2) is 11.6 Å². The summed E-state index contributed by atoms with van der Waals surface area (Å²) in [5.41, 5.74) is 0.649. The summed E-state index contributed by atoms with van der Waals surface area (Å²) in [6, 6.07) is 7.62. The zero-order valence-electron chi connectivity index (χ0n) is 13.0. The third-order valence-corrected chi connectivity index (χ3v) is 3.56. The van der Waals surface area contributed by atoms with E-state index in [0.29, 0.717) is 31.1 Å². The van der Waals surface area contributed by atoms with E-state index in [1.807, 2.05) is 0 Å². The highest BCUT2D eigenvalue weighted by atomic mass is 19.1. The fourth-order valence-electron chi connectivity index (χ4n) is 2.32. The maximum atomic E-state index is 14.1. The number of carbonyl (C=O) groups is 1. The second-order valence-corrected chi connectivity index (χ2v) is 5.35. The van der Waals surface area contributed by atoms with Crippen molar-refractivity contribution in [1.29, 1.82) is 0 Å². The number of pyridine rings is 1. The van der Waals surface area contributed by atoms with E-state index in [4.69, 9.17) is 9.47 Å². The predicted molar refractivity (Wildman–Crippen MR) is 85.2 cm³/mol. The standard InChI is InChI=1S/C17H18FN3O3/c18-14-8-12(9-21-17(22)15-11-23-7-6-20-15)3-4-16(14)24-13-2-1-5-19-10-13/h1-5,8,10,15,20H,6-7,9,11H2,(H,21,22)/t15-/m1/s1. The summed E-state index contributed by atoms with van der Waals surface area (Å²) in [4.78, 5) is 15.9. The van der Waals surface area contributed by atoms with Gasteiger partial charge in [-0.2, -0.15) is 0 Å². The number of amides is 1. The molecule has 1 aromatic heterocycles. The van der Waals surface area contributed by atoms with E-state index in [-0.39, 0.29) is 24.2 Å². The molecule has 0 aliphatic carbocycles. The SMILES string of the molecule is O=C(NCc1ccc(Oc2cccnc2)c(F)c1)[C@H]1COCCN1. The normalized spacial score (nSPS) is 17.3. The van der Waals surface area contributed by atoms with Crippen molar-refractivity contribution in [2.75, 3.05) is 19.8 Å². The number of hydrogen-bond donors (Lipinski definition) is 2. The molecular weight excluding hydrogens is 313 g/mol. The van der Waals surface area contributed by atoms with Crippen LogP contribution in [0, 0.1) is 5.82 Å². The van der Waals surface area contributed by atoms with E-state index in [1.165, 1.54) is 18.3 Å². The van der Waals surface area contributed by atoms with Gasteiger partial charge in [0, 0.05) is 19.3 Å². The van der Waals surface area contributed by atoms with Gasteiger partial charge >= 0.3 is 0 Å². The predicted octanol–water partition coefficient (Wildman–Crippen LogP) is 1.62. The van der Waals surface area contributed by atoms with Gasteiger partial charge in [-0.15, -0.1) is 0 Å². The third-order valence-electron chi connectivity index (χ3n) is 3.56. The molecule has 0 bridgehead atoms. The zero-order valence-corrected chi connectivity index (χ0v) is 13.0. The maximum absolute atomic E-state index is 14.1. The molecule has 0 radical (unpaired) electrons. The lowest BCUT2D eigenvalue weighted by Crippen LogP contribution is -2.51. The van der Waals surface area contributed by atoms with Crippen molar-refractivity contribution in [1.82, 2.24) is 15.6 Å². The Morgan fingerprint density at radius 1 is 1.46 bits per heavy atom. The number of benzene rings is 1. The molecule has 2 N–H and O–H groups in total. The van der Waals surface area contributed by atoms with Crippen molar-refractivity contribution in [2.45, 2.75) is 12.6 Å². The van der Waals surface area contributed by atoms with E-state index in [2.05, 4.69) is 15.6 Å². The molecule has 1 aromatic carbocycles. The van der Waals surface area contributed by atoms with Gasteiger partial charge in [-0.25, -0.2) is 4.39 Å². The smallest absolute Gasteiger partial charge is 0.239 e. The summed E-state index contributed by atoms with van der Waals surface area (Å²) < 4.78 is 24.8. The summed E-state index contributed by atoms with van der Waals surface area (Å²) in [5, 5.41) is 5.83. The first kappa shape index (κ1) is 16.4. The Bertz CT molecular complexity index is 691. The van der Waals surface area contributed by atoms with Crippen molar-refractivity contribution in [2.24, 2.45) is 0 Å². The van der Waals surface area contributed by atoms with Gasteiger partial charge in [0.2, 0.25) is 5.91 Å². The van der Waals surface area contributed by atoms with E-state index >= 15 is 0 Å². The zero-order chi connectivity index (χ0) is 16.8. The molecule has 7 heteroatoms. The lowest BCUT2D eigenvalue weighted by molar-refractivity contribution is -0.126. The van der Waals surface area contributed by atoms with Crippen molar-refractivity contribution < 1.29 is 18.7 Å². The fraction of sp³-hybridized carbons (Fsp3) is 0.294. The number of morpholine rings is 1. The molecule has 2 heterocycles. The molecule has 2 aromatic rings. The van der Waals surface area contributed by atoms with Crippen LogP contribution < -0.4 is 15.4 Å². The largest absolute Gasteiger partial charge is 0.453 e. The summed E-state index contributed by atoms with van der Waals surface area (Å²) in [6.45, 7) is 1.83. The Morgan fingerprint density at radius 3 is 3.08 bits per heavy atom. The van der Waals surface area contributed by atoms with Crippen LogP contribution in [-0.4, -0.2) is 36.7 Å². The number of nitrogens with zero attached hydrogens (tertiary/aromatic N) is 1. The minimum absolute atomic E-state index is 0.112. The lowest BCUT2D eigenvalue weighted by Gasteiger charge is -2.22. The highest BCUT2D eigenvalue weighted by Gasteiger charge is 2.20. The Morgan fingerprint density at radius 2 is 2.38 bits per heavy atom. The van der Waals surface area contributed by atoms with Crippen LogP contribution in [0.2, 0.25) is 0 Å². The minimum Gasteiger partial charge on any atom is -0.453 e. The number of hydrogen-bond acceptors (Lipinski definition) is 5. The highest BCUT2D eigenvalue weighted by molar-refractivity contribution is 5.81. The summed E-state index contributed by atoms with van der Waals surface area (Å²) in [6.07, 6.45) is 3.12. The molecule has 126 valence electrons. The Labute approximate surface area is 139 Å². The van der Waals surface area contributed by atoms with Crippen LogP contribution >= 0.6 is 0 Å². The molecule has 0 unspecified atom stereocenters. The molecule has 1 saturated heterocycles. The van der Waals surface area contributed by atoms with Crippen molar-refractivity contribution in [3.8, 4) is 11.5 Å². The summed E-state index contributed by atoms with van der Waals surface area (Å²) in [7, 11) is 0. The van der Waals surface area contributed by atoms with E-state index in [0.717, 1.165) is 0 Å². The molecule has 6 nitrogen and oxygen atoms in total. The fourth-order valence-corrected chi connectivity index (χ4v) is 2.32. The van der Waals surface area contributed by atoms with Crippen LogP contribution in [0.15, 0.2) is 42.7 Å². The van der Waals surface area contributed by atoms with Crippen molar-refractivity contribution in [3.05, 3.63) is 54.1 Å². The number of halogens is 1. The number of ether oxygens (including phenoxy) is 2. The van der Waals surface area contributed by atoms with Crippen LogP contribution in [0.5, 0.6) is 11.5 Å². The Balaban J connectivity index is 1.57. The van der Waals surface area contributed by atoms with Crippen LogP contribution in [-0.2, 0) is 16.1 Å². The maximum Gasteiger partial charge on any atom is 0.239 e. The first-order valence-corrected chi connectivity index (χ1v) is 7.67. The van der Waals surface area contributed by atoms with Gasteiger partial charge in [-0.1, -0.05) is 6.07 Å². The van der Waals surface area contributed by atoms with Crippen LogP contribution in [0.4, 0.5) is 4.39 Å². The van der Waals surface area contributed by atoms with Crippen molar-refractivity contribution >= 4 is 5.91 Å². The van der Waals surface area contributed by atoms with E-state index in [1.54, 1.807) is 24.4 Å². The first-order valence-electron chi connectivity index (χ1n) is 7.67. The van der Waals surface area contributed by atoms with Crippen LogP contribution in [0.1, 0.15) is 5.56 Å². The average molecular weight is 331 g/mol. The number of aromatic nitrogens is 1. The number of carbonyl (C=O) groups excluding carboxylic acids is 1. The molecule has 1 aliphatic rings. The third kappa shape index (κ3) is 4.27. The highest BCUT2D eigenvalue weighted by Crippen LogP contribution is 2.24. The second-order valence-electron chi connectivity index (χ2n) is 5.35. The lowest BCUT2D eigenvalue weighted by atomic mass is 10.2. The molecule has 1 fully saturated rings. The van der Waals surface area contributed by atoms with Gasteiger partial charge in [0.25, 0.3) is 0 Å². The van der Waals surface area contributed by atoms with Crippen molar-refractivity contribution in [3.63, 3.8) is 0 Å². The van der Waals surface area contributed by atoms with Gasteiger partial charge in [0.1, 0.15) is 11.8 Å². The summed E-state index contributed by atoms with van der Waals surface area (Å²) >= 11 is 0. The molecule has 0 saturated carbocycles. The van der Waals surface area contributed by atoms with Gasteiger partial charge in [0.05, 0.1) is 19.4 Å². The number of nitrogens with one attached hydrogen (secondary N) is 2. The van der Waals surface area contributed by atoms with E-state index in [9.17, 15) is 9.18 Å². The molecule has 3 rings (SSSR count). The Kier molecular flexibility index (Phi) is 5.35. The summed E-state index contributed by atoms with van der Waals surface area (Å²) in [5.74, 6) is -0.0863. The quantitative estimate of drug-likeness (QED) is 0.871. The Hall–Kier alpha value is -2.51. The average Bonchev–Trinajstić information content (AvgIpc) is 2.63. The minimum atomic E-state index is -0.496. The van der Waals surface area contributed by atoms with Gasteiger partial charge < -0.3 is 20.1 Å². The second kappa shape index (κ2) is 7.85. The van der Waals surface area contributed by atoms with Crippen LogP contribution in [0.25, 0.3) is 0 Å². The first-order chi connectivity index (χ1) is 11.7. The molecule has 1 aliphatic heterocycles. The number of rotatable bonds is 5. The van der Waals surface area contributed by atoms with E-state index < -0.39 is 5.82 Å². The molecule has 1 amide bonds. The van der Waals surface area contributed by atoms with Gasteiger partial charge in [-0.05, 0) is 29.8 Å². The molecule has 24 heavy (non-hydrogen) atoms. The molecule has 1 atom stereocenters. The molecule has 0 spiro atoms. The van der Waals surface area contributed by atoms with Gasteiger partial charge in [-0.3, -0.25) is 9.78 Å².